The van der Waals surface area contributed by atoms with Crippen LogP contribution in [0.5, 0.6) is 5.88 Å². The molecule has 6 rings (SSSR count). The molecular formula is C27H25F3N8O2. The molecule has 3 aromatic heterocycles. The lowest BCUT2D eigenvalue weighted by Crippen LogP contribution is -2.45. The van der Waals surface area contributed by atoms with Crippen LogP contribution in [0.2, 0.25) is 0 Å². The van der Waals surface area contributed by atoms with Gasteiger partial charge in [0.1, 0.15) is 29.1 Å². The number of hydrogen-bond acceptors (Lipinski definition) is 8. The number of hydrogen-bond donors (Lipinski definition) is 0. The first-order valence-corrected chi connectivity index (χ1v) is 12.6. The van der Waals surface area contributed by atoms with Gasteiger partial charge in [0.2, 0.25) is 5.88 Å². The maximum Gasteiger partial charge on any atom is 0.434 e. The highest BCUT2D eigenvalue weighted by atomic mass is 19.4. The second kappa shape index (κ2) is 9.57. The fraction of sp³-hybridized carbons (Fsp3) is 0.333. The van der Waals surface area contributed by atoms with Gasteiger partial charge in [0, 0.05) is 44.5 Å². The van der Waals surface area contributed by atoms with Crippen molar-refractivity contribution in [2.24, 2.45) is 7.05 Å². The fourth-order valence-corrected chi connectivity index (χ4v) is 4.87. The Hall–Kier alpha value is -4.55. The number of carbonyl (C=O) groups excluding carboxylic acids is 1. The lowest BCUT2D eigenvalue weighted by Gasteiger charge is -2.35. The van der Waals surface area contributed by atoms with Crippen LogP contribution in [0.15, 0.2) is 43.0 Å². The minimum Gasteiger partial charge on any atom is -0.480 e. The van der Waals surface area contributed by atoms with E-state index in [2.05, 4.69) is 19.9 Å². The van der Waals surface area contributed by atoms with Crippen molar-refractivity contribution in [1.29, 1.82) is 0 Å². The average Bonchev–Trinajstić information content (AvgIpc) is 3.71. The number of ether oxygens (including phenoxy) is 1. The van der Waals surface area contributed by atoms with E-state index in [1.165, 1.54) is 31.2 Å². The minimum atomic E-state index is -4.52. The SMILES string of the molecule is COc1ncnc(C2CC2)c1-c1ncc2c(n1)N(Cc1ccc(-c3nc(C(F)(F)F)cn3C)cc1)CN(C)C2=O. The Morgan fingerprint density at radius 1 is 1.05 bits per heavy atom. The van der Waals surface area contributed by atoms with E-state index in [9.17, 15) is 18.0 Å². The van der Waals surface area contributed by atoms with E-state index in [4.69, 9.17) is 9.72 Å². The molecule has 13 heteroatoms. The first-order chi connectivity index (χ1) is 19.1. The summed E-state index contributed by atoms with van der Waals surface area (Å²) in [7, 11) is 4.76. The lowest BCUT2D eigenvalue weighted by molar-refractivity contribution is -0.140. The molecule has 4 aromatic rings. The number of fused-ring (bicyclic) bond motifs is 1. The molecule has 4 heterocycles. The predicted octanol–water partition coefficient (Wildman–Crippen LogP) is 4.29. The van der Waals surface area contributed by atoms with Gasteiger partial charge in [-0.05, 0) is 18.4 Å². The zero-order valence-corrected chi connectivity index (χ0v) is 22.0. The number of halogens is 3. The van der Waals surface area contributed by atoms with Crippen LogP contribution in [0.4, 0.5) is 19.0 Å². The van der Waals surface area contributed by atoms with Crippen molar-refractivity contribution in [2.75, 3.05) is 25.7 Å². The van der Waals surface area contributed by atoms with Crippen LogP contribution in [-0.4, -0.2) is 61.1 Å². The number of nitrogens with zero attached hydrogens (tertiary/aromatic N) is 8. The molecule has 0 saturated heterocycles. The van der Waals surface area contributed by atoms with Gasteiger partial charge in [-0.1, -0.05) is 24.3 Å². The molecule has 1 fully saturated rings. The zero-order valence-electron chi connectivity index (χ0n) is 22.0. The van der Waals surface area contributed by atoms with Gasteiger partial charge < -0.3 is 19.1 Å². The summed E-state index contributed by atoms with van der Waals surface area (Å²) in [6, 6.07) is 7.12. The number of amides is 1. The number of benzene rings is 1. The van der Waals surface area contributed by atoms with E-state index >= 15 is 0 Å². The van der Waals surface area contributed by atoms with Crippen molar-refractivity contribution < 1.29 is 22.7 Å². The summed E-state index contributed by atoms with van der Waals surface area (Å²) in [5.74, 6) is 1.55. The molecule has 1 aliphatic carbocycles. The number of aryl methyl sites for hydroxylation is 1. The topological polar surface area (TPSA) is 102 Å². The maximum atomic E-state index is 13.1. The van der Waals surface area contributed by atoms with Crippen molar-refractivity contribution in [2.45, 2.75) is 31.5 Å². The molecular weight excluding hydrogens is 525 g/mol. The van der Waals surface area contributed by atoms with Crippen LogP contribution in [0, 0.1) is 0 Å². The number of anilines is 1. The molecule has 1 amide bonds. The van der Waals surface area contributed by atoms with Crippen LogP contribution in [0.25, 0.3) is 22.8 Å². The van der Waals surface area contributed by atoms with E-state index in [1.54, 1.807) is 24.1 Å². The van der Waals surface area contributed by atoms with Gasteiger partial charge in [0.05, 0.1) is 19.5 Å². The number of imidazole rings is 1. The van der Waals surface area contributed by atoms with E-state index in [-0.39, 0.29) is 18.4 Å². The Kier molecular flexibility index (Phi) is 6.15. The summed E-state index contributed by atoms with van der Waals surface area (Å²) >= 11 is 0. The van der Waals surface area contributed by atoms with Crippen LogP contribution in [-0.2, 0) is 19.8 Å². The van der Waals surface area contributed by atoms with E-state index in [1.807, 2.05) is 17.0 Å². The summed E-state index contributed by atoms with van der Waals surface area (Å²) in [4.78, 5) is 38.3. The number of aromatic nitrogens is 6. The van der Waals surface area contributed by atoms with E-state index < -0.39 is 11.9 Å². The molecule has 2 aliphatic rings. The largest absolute Gasteiger partial charge is 0.480 e. The van der Waals surface area contributed by atoms with Gasteiger partial charge in [-0.3, -0.25) is 4.79 Å². The van der Waals surface area contributed by atoms with Gasteiger partial charge in [-0.25, -0.2) is 24.9 Å². The zero-order chi connectivity index (χ0) is 28.2. The molecule has 0 unspecified atom stereocenters. The summed E-state index contributed by atoms with van der Waals surface area (Å²) in [5, 5.41) is 0. The second-order valence-corrected chi connectivity index (χ2v) is 9.95. The van der Waals surface area contributed by atoms with Crippen LogP contribution in [0.3, 0.4) is 0 Å². The Morgan fingerprint density at radius 3 is 2.45 bits per heavy atom. The smallest absolute Gasteiger partial charge is 0.434 e. The van der Waals surface area contributed by atoms with Crippen molar-refractivity contribution in [3.8, 4) is 28.7 Å². The quantitative estimate of drug-likeness (QED) is 0.351. The summed E-state index contributed by atoms with van der Waals surface area (Å²) < 4.78 is 46.2. The fourth-order valence-electron chi connectivity index (χ4n) is 4.87. The van der Waals surface area contributed by atoms with Crippen molar-refractivity contribution in [3.05, 3.63) is 65.5 Å². The van der Waals surface area contributed by atoms with Crippen molar-refractivity contribution in [1.82, 2.24) is 34.4 Å². The van der Waals surface area contributed by atoms with E-state index in [0.29, 0.717) is 46.7 Å². The number of carbonyl (C=O) groups is 1. The van der Waals surface area contributed by atoms with Gasteiger partial charge in [-0.2, -0.15) is 13.2 Å². The molecule has 40 heavy (non-hydrogen) atoms. The Labute approximate surface area is 227 Å². The van der Waals surface area contributed by atoms with Crippen molar-refractivity contribution >= 4 is 11.7 Å². The predicted molar refractivity (Wildman–Crippen MR) is 138 cm³/mol. The minimum absolute atomic E-state index is 0.193. The van der Waals surface area contributed by atoms with E-state index in [0.717, 1.165) is 30.3 Å². The monoisotopic (exact) mass is 550 g/mol. The first kappa shape index (κ1) is 25.7. The highest BCUT2D eigenvalue weighted by Gasteiger charge is 2.35. The maximum absolute atomic E-state index is 13.1. The van der Waals surface area contributed by atoms with Gasteiger partial charge in [0.15, 0.2) is 11.5 Å². The molecule has 10 nitrogen and oxygen atoms in total. The molecule has 0 N–H and O–H groups in total. The van der Waals surface area contributed by atoms with Crippen molar-refractivity contribution in [3.63, 3.8) is 0 Å². The second-order valence-electron chi connectivity index (χ2n) is 9.95. The summed E-state index contributed by atoms with van der Waals surface area (Å²) in [5.41, 5.74) is 2.32. The van der Waals surface area contributed by atoms with Gasteiger partial charge in [-0.15, -0.1) is 0 Å². The standard InChI is InChI=1S/C27H25F3N8O2/c1-36-12-19(27(28,29)30)34-23(36)17-6-4-15(5-7-17)11-38-14-37(2)26(39)18-10-31-22(35-24(18)38)20-21(16-8-9-16)32-13-33-25(20)40-3/h4-7,10,12-13,16H,8-9,11,14H2,1-3H3. The Morgan fingerprint density at radius 2 is 1.80 bits per heavy atom. The normalized spacial score (nSPS) is 15.4. The summed E-state index contributed by atoms with van der Waals surface area (Å²) in [6.07, 6.45) is 1.47. The van der Waals surface area contributed by atoms with Gasteiger partial charge in [0.25, 0.3) is 5.91 Å². The Bertz CT molecular complexity index is 1600. The van der Waals surface area contributed by atoms with Crippen LogP contribution in [0.1, 0.15) is 46.1 Å². The molecule has 1 aliphatic heterocycles. The average molecular weight is 551 g/mol. The molecule has 0 atom stereocenters. The first-order valence-electron chi connectivity index (χ1n) is 12.6. The summed E-state index contributed by atoms with van der Waals surface area (Å²) in [6.45, 7) is 0.684. The highest BCUT2D eigenvalue weighted by molar-refractivity contribution is 6.00. The third-order valence-corrected chi connectivity index (χ3v) is 7.00. The third-order valence-electron chi connectivity index (χ3n) is 7.00. The lowest BCUT2D eigenvalue weighted by atomic mass is 10.1. The number of rotatable bonds is 6. The van der Waals surface area contributed by atoms with Gasteiger partial charge >= 0.3 is 6.18 Å². The van der Waals surface area contributed by atoms with Crippen LogP contribution < -0.4 is 9.64 Å². The molecule has 0 spiro atoms. The number of alkyl halides is 3. The molecule has 206 valence electrons. The highest BCUT2D eigenvalue weighted by Crippen LogP contribution is 2.45. The number of methoxy groups -OCH3 is 1. The molecule has 0 bridgehead atoms. The molecule has 1 aromatic carbocycles. The van der Waals surface area contributed by atoms with Crippen LogP contribution >= 0.6 is 0 Å². The third kappa shape index (κ3) is 4.61. The molecule has 0 radical (unpaired) electrons. The molecule has 1 saturated carbocycles. The Balaban J connectivity index is 1.33.